The van der Waals surface area contributed by atoms with Crippen LogP contribution in [0.1, 0.15) is 10.4 Å². The van der Waals surface area contributed by atoms with Gasteiger partial charge in [0.1, 0.15) is 16.4 Å². The van der Waals surface area contributed by atoms with Crippen LogP contribution in [0.5, 0.6) is 0 Å². The second-order valence-electron chi connectivity index (χ2n) is 2.96. The van der Waals surface area contributed by atoms with Crippen LogP contribution in [0.2, 0.25) is 5.15 Å². The number of fused-ring (bicyclic) bond motifs is 1. The summed E-state index contributed by atoms with van der Waals surface area (Å²) in [6, 6.07) is 3.54. The lowest BCUT2D eigenvalue weighted by molar-refractivity contribution is 0.0802. The summed E-state index contributed by atoms with van der Waals surface area (Å²) in [7, 11) is 1.75. The third-order valence-corrected chi connectivity index (χ3v) is 2.99. The van der Waals surface area contributed by atoms with Crippen molar-refractivity contribution >= 4 is 51.6 Å². The van der Waals surface area contributed by atoms with Crippen molar-refractivity contribution in [3.63, 3.8) is 0 Å². The third kappa shape index (κ3) is 1.59. The van der Waals surface area contributed by atoms with Crippen LogP contribution in [0, 0.1) is 0 Å². The molecule has 0 aliphatic rings. The molecular weight excluding hydrogens is 330 g/mol. The predicted octanol–water partition coefficient (Wildman–Crippen LogP) is 2.73. The summed E-state index contributed by atoms with van der Waals surface area (Å²) in [6.07, 6.45) is 1.65. The Balaban J connectivity index is 2.83. The lowest BCUT2D eigenvalue weighted by Crippen LogP contribution is -1.98. The van der Waals surface area contributed by atoms with Gasteiger partial charge in [0.05, 0.1) is 0 Å². The summed E-state index contributed by atoms with van der Waals surface area (Å²) < 4.78 is 6.30. The van der Waals surface area contributed by atoms with Gasteiger partial charge in [-0.05, 0) is 12.1 Å². The minimum atomic E-state index is -0.459. The zero-order valence-electron chi connectivity index (χ0n) is 7.70. The summed E-state index contributed by atoms with van der Waals surface area (Å²) >= 11 is 7.57. The molecule has 4 nitrogen and oxygen atoms in total. The fourth-order valence-electron chi connectivity index (χ4n) is 1.46. The first kappa shape index (κ1) is 10.7. The van der Waals surface area contributed by atoms with Gasteiger partial charge in [-0.3, -0.25) is 0 Å². The van der Waals surface area contributed by atoms with Crippen molar-refractivity contribution in [3.8, 4) is 0 Å². The quantitative estimate of drug-likeness (QED) is 0.752. The van der Waals surface area contributed by atoms with Crippen molar-refractivity contribution in [1.82, 2.24) is 9.55 Å². The summed E-state index contributed by atoms with van der Waals surface area (Å²) in [5.74, 6) is -0.459. The van der Waals surface area contributed by atoms with E-state index in [-0.39, 0.29) is 0 Å². The van der Waals surface area contributed by atoms with Crippen LogP contribution in [0.4, 0.5) is 0 Å². The molecule has 0 aliphatic carbocycles. The minimum Gasteiger partial charge on any atom is -0.391 e. The van der Waals surface area contributed by atoms with Crippen molar-refractivity contribution in [2.45, 2.75) is 0 Å². The van der Waals surface area contributed by atoms with Gasteiger partial charge in [0, 0.05) is 18.6 Å². The molecule has 2 aromatic rings. The van der Waals surface area contributed by atoms with Crippen molar-refractivity contribution in [3.05, 3.63) is 29.0 Å². The van der Waals surface area contributed by atoms with Crippen LogP contribution < -0.4 is 0 Å². The summed E-state index contributed by atoms with van der Waals surface area (Å²) in [5, 5.41) is 1.04. The molecule has 0 fully saturated rings. The molecule has 0 aliphatic heterocycles. The largest absolute Gasteiger partial charge is 0.391 e. The number of carbonyl (C=O) groups excluding carboxylic acids is 1. The maximum absolute atomic E-state index is 11.5. The van der Waals surface area contributed by atoms with Crippen LogP contribution in [-0.2, 0) is 10.1 Å². The summed E-state index contributed by atoms with van der Waals surface area (Å²) in [5.41, 5.74) is 1.02. The molecule has 2 aromatic heterocycles. The number of pyridine rings is 1. The maximum atomic E-state index is 11.5. The zero-order chi connectivity index (χ0) is 11.0. The average molecular weight is 337 g/mol. The Morgan fingerprint density at radius 1 is 1.67 bits per heavy atom. The molecule has 0 N–H and O–H groups in total. The number of hydrogen-bond acceptors (Lipinski definition) is 3. The molecule has 2 heterocycles. The molecule has 0 amide bonds. The number of carbonyl (C=O) groups is 1. The molecule has 0 bridgehead atoms. The highest BCUT2D eigenvalue weighted by molar-refractivity contribution is 14.1. The van der Waals surface area contributed by atoms with Gasteiger partial charge < -0.3 is 7.63 Å². The summed E-state index contributed by atoms with van der Waals surface area (Å²) in [4.78, 5) is 15.7. The molecule has 0 radical (unpaired) electrons. The Kier molecular flexibility index (Phi) is 2.83. The fourth-order valence-corrected chi connectivity index (χ4v) is 1.94. The minimum absolute atomic E-state index is 0.338. The molecule has 0 saturated heterocycles. The van der Waals surface area contributed by atoms with Crippen molar-refractivity contribution < 1.29 is 7.86 Å². The number of rotatable bonds is 1. The second-order valence-corrected chi connectivity index (χ2v) is 3.76. The van der Waals surface area contributed by atoms with Gasteiger partial charge in [-0.2, -0.15) is 0 Å². The first-order valence-corrected chi connectivity index (χ1v) is 5.34. The Hall–Kier alpha value is -0.820. The maximum Gasteiger partial charge on any atom is 0.351 e. The van der Waals surface area contributed by atoms with Gasteiger partial charge in [-0.25, -0.2) is 9.78 Å². The van der Waals surface area contributed by atoms with E-state index >= 15 is 0 Å². The van der Waals surface area contributed by atoms with E-state index in [0.717, 1.165) is 0 Å². The molecular formula is C9H6ClIN2O2. The molecule has 0 saturated carbocycles. The predicted molar refractivity (Wildman–Crippen MR) is 65.2 cm³/mol. The molecule has 0 unspecified atom stereocenters. The first-order chi connectivity index (χ1) is 7.16. The van der Waals surface area contributed by atoms with Crippen molar-refractivity contribution in [2.75, 3.05) is 0 Å². The lowest BCUT2D eigenvalue weighted by Gasteiger charge is -1.95. The smallest absolute Gasteiger partial charge is 0.351 e. The highest BCUT2D eigenvalue weighted by Crippen LogP contribution is 2.28. The number of halogens is 2. The molecule has 6 heteroatoms. The normalized spacial score (nSPS) is 10.6. The Labute approximate surface area is 105 Å². The molecule has 2 rings (SSSR count). The second kappa shape index (κ2) is 3.97. The highest BCUT2D eigenvalue weighted by Gasteiger charge is 2.21. The van der Waals surface area contributed by atoms with E-state index in [4.69, 9.17) is 11.6 Å². The molecule has 0 spiro atoms. The molecule has 0 aromatic carbocycles. The topological polar surface area (TPSA) is 44.1 Å². The van der Waals surface area contributed by atoms with Gasteiger partial charge in [0.25, 0.3) is 0 Å². The van der Waals surface area contributed by atoms with Crippen LogP contribution in [0.25, 0.3) is 11.0 Å². The van der Waals surface area contributed by atoms with Crippen LogP contribution in [0.15, 0.2) is 18.3 Å². The number of hydrogen-bond donors (Lipinski definition) is 0. The Morgan fingerprint density at radius 3 is 3.07 bits per heavy atom. The fraction of sp³-hybridized carbons (Fsp3) is 0.111. The van der Waals surface area contributed by atoms with E-state index in [0.29, 0.717) is 21.7 Å². The Morgan fingerprint density at radius 2 is 2.40 bits per heavy atom. The van der Waals surface area contributed by atoms with Gasteiger partial charge >= 0.3 is 5.97 Å². The number of nitrogens with zero attached hydrogens (tertiary/aromatic N) is 2. The highest BCUT2D eigenvalue weighted by atomic mass is 127. The number of aryl methyl sites for hydroxylation is 1. The Bertz CT molecular complexity index is 538. The van der Waals surface area contributed by atoms with Crippen LogP contribution in [0.3, 0.4) is 0 Å². The van der Waals surface area contributed by atoms with E-state index < -0.39 is 5.97 Å². The monoisotopic (exact) mass is 336 g/mol. The summed E-state index contributed by atoms with van der Waals surface area (Å²) in [6.45, 7) is 0. The molecule has 0 atom stereocenters. The lowest BCUT2D eigenvalue weighted by atomic mass is 10.2. The standard InChI is InChI=1S/C9H6ClIN2O2/c1-13-7(10)6(9(14)15-11)5-3-2-4-12-8(5)13/h2-4H,1H3. The zero-order valence-corrected chi connectivity index (χ0v) is 10.6. The molecule has 15 heavy (non-hydrogen) atoms. The average Bonchev–Trinajstić information content (AvgIpc) is 2.52. The van der Waals surface area contributed by atoms with Gasteiger partial charge in [0.2, 0.25) is 0 Å². The SMILES string of the molecule is Cn1c(Cl)c(C(=O)OI)c2cccnc21. The van der Waals surface area contributed by atoms with E-state index in [1.54, 1.807) is 29.9 Å². The number of aromatic nitrogens is 2. The van der Waals surface area contributed by atoms with Gasteiger partial charge in [-0.1, -0.05) is 11.6 Å². The van der Waals surface area contributed by atoms with Crippen LogP contribution >= 0.6 is 34.6 Å². The molecule has 78 valence electrons. The first-order valence-electron chi connectivity index (χ1n) is 4.08. The van der Waals surface area contributed by atoms with Crippen molar-refractivity contribution in [2.24, 2.45) is 7.05 Å². The van der Waals surface area contributed by atoms with E-state index in [1.807, 2.05) is 0 Å². The van der Waals surface area contributed by atoms with Gasteiger partial charge in [0.15, 0.2) is 23.0 Å². The van der Waals surface area contributed by atoms with Crippen LogP contribution in [-0.4, -0.2) is 15.5 Å². The van der Waals surface area contributed by atoms with Gasteiger partial charge in [-0.15, -0.1) is 0 Å². The van der Waals surface area contributed by atoms with E-state index in [1.165, 1.54) is 23.0 Å². The van der Waals surface area contributed by atoms with Crippen molar-refractivity contribution in [1.29, 1.82) is 0 Å². The van der Waals surface area contributed by atoms with E-state index in [9.17, 15) is 4.79 Å². The van der Waals surface area contributed by atoms with E-state index in [2.05, 4.69) is 8.05 Å². The third-order valence-electron chi connectivity index (χ3n) is 2.15.